The quantitative estimate of drug-likeness (QED) is 0.614. The molecule has 1 aliphatic rings. The van der Waals surface area contributed by atoms with Crippen LogP contribution in [0.4, 0.5) is 0 Å². The number of hydrogen-bond acceptors (Lipinski definition) is 4. The molecule has 0 saturated carbocycles. The molecule has 0 fully saturated rings. The van der Waals surface area contributed by atoms with Gasteiger partial charge < -0.3 is 19.7 Å². The van der Waals surface area contributed by atoms with Crippen molar-refractivity contribution in [2.24, 2.45) is 0 Å². The number of rotatable bonds is 3. The van der Waals surface area contributed by atoms with Crippen molar-refractivity contribution in [3.8, 4) is 0 Å². The molecule has 13 heavy (non-hydrogen) atoms. The molecule has 1 rings (SSSR count). The van der Waals surface area contributed by atoms with Gasteiger partial charge in [-0.3, -0.25) is 0 Å². The Morgan fingerprint density at radius 3 is 2.69 bits per heavy atom. The van der Waals surface area contributed by atoms with Crippen LogP contribution in [0.25, 0.3) is 0 Å². The normalized spacial score (nSPS) is 34.1. The first-order valence-corrected chi connectivity index (χ1v) is 4.41. The molecule has 4 nitrogen and oxygen atoms in total. The minimum absolute atomic E-state index is 0.0595. The molecule has 0 bridgehead atoms. The van der Waals surface area contributed by atoms with Crippen LogP contribution >= 0.6 is 0 Å². The van der Waals surface area contributed by atoms with Gasteiger partial charge in [0.25, 0.3) is 0 Å². The van der Waals surface area contributed by atoms with Crippen LogP contribution in [0.1, 0.15) is 13.8 Å². The molecule has 3 atom stereocenters. The molecule has 0 unspecified atom stereocenters. The van der Waals surface area contributed by atoms with Crippen LogP contribution in [0.5, 0.6) is 0 Å². The largest absolute Gasteiger partial charge is 0.394 e. The van der Waals surface area contributed by atoms with Gasteiger partial charge in [0, 0.05) is 0 Å². The number of ether oxygens (including phenoxy) is 2. The Labute approximate surface area is 77.8 Å². The summed E-state index contributed by atoms with van der Waals surface area (Å²) in [7, 11) is 0. The molecule has 0 amide bonds. The highest BCUT2D eigenvalue weighted by atomic mass is 16.7. The Kier molecular flexibility index (Phi) is 3.87. The molecule has 0 aliphatic carbocycles. The SMILES string of the molecule is CC(C)O[C@H]1C=C[C@H](O)[C@@H](CO)O1. The van der Waals surface area contributed by atoms with E-state index in [1.165, 1.54) is 0 Å². The lowest BCUT2D eigenvalue weighted by Crippen LogP contribution is -2.39. The summed E-state index contributed by atoms with van der Waals surface area (Å²) in [5, 5.41) is 18.1. The molecule has 0 aromatic rings. The van der Waals surface area contributed by atoms with E-state index in [1.807, 2.05) is 13.8 Å². The van der Waals surface area contributed by atoms with Crippen LogP contribution < -0.4 is 0 Å². The van der Waals surface area contributed by atoms with Crippen LogP contribution in [-0.4, -0.2) is 41.4 Å². The molecule has 0 radical (unpaired) electrons. The van der Waals surface area contributed by atoms with Gasteiger partial charge in [0.1, 0.15) is 12.2 Å². The zero-order chi connectivity index (χ0) is 9.84. The van der Waals surface area contributed by atoms with Gasteiger partial charge in [-0.25, -0.2) is 0 Å². The van der Waals surface area contributed by atoms with Crippen molar-refractivity contribution < 1.29 is 19.7 Å². The van der Waals surface area contributed by atoms with Crippen molar-refractivity contribution in [2.45, 2.75) is 38.4 Å². The van der Waals surface area contributed by atoms with Crippen molar-refractivity contribution in [1.82, 2.24) is 0 Å². The lowest BCUT2D eigenvalue weighted by Gasteiger charge is -2.29. The van der Waals surface area contributed by atoms with E-state index in [0.29, 0.717) is 0 Å². The van der Waals surface area contributed by atoms with E-state index in [-0.39, 0.29) is 12.7 Å². The Morgan fingerprint density at radius 1 is 1.46 bits per heavy atom. The van der Waals surface area contributed by atoms with Gasteiger partial charge in [-0.1, -0.05) is 6.08 Å². The van der Waals surface area contributed by atoms with Gasteiger partial charge in [0.15, 0.2) is 6.29 Å². The summed E-state index contributed by atoms with van der Waals surface area (Å²) >= 11 is 0. The fourth-order valence-electron chi connectivity index (χ4n) is 1.12. The van der Waals surface area contributed by atoms with Crippen molar-refractivity contribution in [3.63, 3.8) is 0 Å². The maximum Gasteiger partial charge on any atom is 0.177 e. The summed E-state index contributed by atoms with van der Waals surface area (Å²) < 4.78 is 10.6. The summed E-state index contributed by atoms with van der Waals surface area (Å²) in [4.78, 5) is 0. The zero-order valence-corrected chi connectivity index (χ0v) is 7.88. The van der Waals surface area contributed by atoms with Gasteiger partial charge in [-0.05, 0) is 19.9 Å². The number of hydrogen-bond donors (Lipinski definition) is 2. The lowest BCUT2D eigenvalue weighted by atomic mass is 10.1. The van der Waals surface area contributed by atoms with Crippen LogP contribution in [0.15, 0.2) is 12.2 Å². The van der Waals surface area contributed by atoms with E-state index in [9.17, 15) is 5.11 Å². The Bertz CT molecular complexity index is 178. The molecule has 4 heteroatoms. The predicted molar refractivity (Wildman–Crippen MR) is 47.1 cm³/mol. The summed E-state index contributed by atoms with van der Waals surface area (Å²) in [6.07, 6.45) is 1.52. The Balaban J connectivity index is 2.48. The average Bonchev–Trinajstić information content (AvgIpc) is 2.07. The first kappa shape index (κ1) is 10.7. The second-order valence-electron chi connectivity index (χ2n) is 3.29. The maximum atomic E-state index is 9.29. The molecule has 76 valence electrons. The molecular weight excluding hydrogens is 172 g/mol. The van der Waals surface area contributed by atoms with Crippen molar-refractivity contribution in [3.05, 3.63) is 12.2 Å². The molecule has 0 spiro atoms. The molecule has 1 aliphatic heterocycles. The second kappa shape index (κ2) is 4.72. The van der Waals surface area contributed by atoms with Crippen molar-refractivity contribution >= 4 is 0 Å². The highest BCUT2D eigenvalue weighted by Crippen LogP contribution is 2.14. The van der Waals surface area contributed by atoms with Crippen molar-refractivity contribution in [2.75, 3.05) is 6.61 Å². The van der Waals surface area contributed by atoms with Gasteiger partial charge in [0.2, 0.25) is 0 Å². The number of aliphatic hydroxyl groups excluding tert-OH is 2. The predicted octanol–water partition coefficient (Wildman–Crippen LogP) is 0.0457. The van der Waals surface area contributed by atoms with E-state index in [2.05, 4.69) is 0 Å². The van der Waals surface area contributed by atoms with Gasteiger partial charge >= 0.3 is 0 Å². The van der Waals surface area contributed by atoms with E-state index >= 15 is 0 Å². The fraction of sp³-hybridized carbons (Fsp3) is 0.778. The standard InChI is InChI=1S/C9H16O4/c1-6(2)12-9-4-3-7(11)8(5-10)13-9/h3-4,6-11H,5H2,1-2H3/t7-,8+,9+/m0/s1. The maximum absolute atomic E-state index is 9.29. The monoisotopic (exact) mass is 188 g/mol. The first-order chi connectivity index (χ1) is 6.13. The van der Waals surface area contributed by atoms with Crippen LogP contribution in [-0.2, 0) is 9.47 Å². The molecule has 0 aromatic heterocycles. The summed E-state index contributed by atoms with van der Waals surface area (Å²) in [5.74, 6) is 0. The lowest BCUT2D eigenvalue weighted by molar-refractivity contribution is -0.193. The van der Waals surface area contributed by atoms with Crippen LogP contribution in [0.3, 0.4) is 0 Å². The Hall–Kier alpha value is -0.420. The molecule has 1 heterocycles. The van der Waals surface area contributed by atoms with Gasteiger partial charge in [-0.15, -0.1) is 0 Å². The van der Waals surface area contributed by atoms with E-state index < -0.39 is 18.5 Å². The smallest absolute Gasteiger partial charge is 0.177 e. The summed E-state index contributed by atoms with van der Waals surface area (Å²) in [6, 6.07) is 0. The number of aliphatic hydroxyl groups is 2. The van der Waals surface area contributed by atoms with Crippen molar-refractivity contribution in [1.29, 1.82) is 0 Å². The third kappa shape index (κ3) is 3.08. The van der Waals surface area contributed by atoms with Gasteiger partial charge in [0.05, 0.1) is 12.7 Å². The average molecular weight is 188 g/mol. The zero-order valence-electron chi connectivity index (χ0n) is 7.88. The minimum Gasteiger partial charge on any atom is -0.394 e. The summed E-state index contributed by atoms with van der Waals surface area (Å²) in [5.41, 5.74) is 0. The van der Waals surface area contributed by atoms with E-state index in [1.54, 1.807) is 12.2 Å². The molecule has 0 saturated heterocycles. The summed E-state index contributed by atoms with van der Waals surface area (Å²) in [6.45, 7) is 3.59. The minimum atomic E-state index is -0.739. The van der Waals surface area contributed by atoms with E-state index in [0.717, 1.165) is 0 Å². The molecular formula is C9H16O4. The third-order valence-corrected chi connectivity index (χ3v) is 1.74. The van der Waals surface area contributed by atoms with E-state index in [4.69, 9.17) is 14.6 Å². The highest BCUT2D eigenvalue weighted by molar-refractivity contribution is 4.99. The first-order valence-electron chi connectivity index (χ1n) is 4.41. The molecule has 0 aromatic carbocycles. The fourth-order valence-corrected chi connectivity index (χ4v) is 1.12. The van der Waals surface area contributed by atoms with Crippen LogP contribution in [0.2, 0.25) is 0 Å². The van der Waals surface area contributed by atoms with Gasteiger partial charge in [-0.2, -0.15) is 0 Å². The third-order valence-electron chi connectivity index (χ3n) is 1.74. The Morgan fingerprint density at radius 2 is 2.15 bits per heavy atom. The van der Waals surface area contributed by atoms with Crippen LogP contribution in [0, 0.1) is 0 Å². The second-order valence-corrected chi connectivity index (χ2v) is 3.29. The topological polar surface area (TPSA) is 58.9 Å². The highest BCUT2D eigenvalue weighted by Gasteiger charge is 2.25. The molecule has 2 N–H and O–H groups in total.